The third-order valence-electron chi connectivity index (χ3n) is 10.4. The Kier molecular flexibility index (Phi) is 12.9. The first-order valence-corrected chi connectivity index (χ1v) is 19.3. The molecule has 5 aromatic carbocycles. The molecule has 0 radical (unpaired) electrons. The lowest BCUT2D eigenvalue weighted by molar-refractivity contribution is 0.0695. The molecule has 0 bridgehead atoms. The highest BCUT2D eigenvalue weighted by Gasteiger charge is 2.27. The maximum absolute atomic E-state index is 14.8. The highest BCUT2D eigenvalue weighted by molar-refractivity contribution is 6.08. The lowest BCUT2D eigenvalue weighted by Gasteiger charge is -2.36. The van der Waals surface area contributed by atoms with Crippen molar-refractivity contribution >= 4 is 23.3 Å². The first-order valence-electron chi connectivity index (χ1n) is 19.3. The molecule has 0 saturated carbocycles. The third kappa shape index (κ3) is 9.20. The first kappa shape index (κ1) is 39.1. The van der Waals surface area contributed by atoms with Gasteiger partial charge in [0.15, 0.2) is 0 Å². The second-order valence-corrected chi connectivity index (χ2v) is 14.3. The standard InChI is InChI=1S/C47H52N2O6/c1-6-48(38-21-23-53-24-22-38)43-27-37(26-41(33(43)5)47(51)52)36-19-14-20-39(25-36)49(7-2)46(50)42-28-40(32(3)4)44(54-30-34-15-10-8-11-16-34)29-45(42)55-31-35-17-12-9-13-18-35/h8-20,25-29,32,38H,6-7,21-24,30-31H2,1-5H3,(H,51,52). The molecule has 1 amide bonds. The number of hydrogen-bond acceptors (Lipinski definition) is 6. The van der Waals surface area contributed by atoms with Crippen molar-refractivity contribution in [2.45, 2.75) is 72.6 Å². The lowest BCUT2D eigenvalue weighted by Crippen LogP contribution is -2.40. The van der Waals surface area contributed by atoms with E-state index in [0.29, 0.717) is 49.1 Å². The molecule has 8 nitrogen and oxygen atoms in total. The summed E-state index contributed by atoms with van der Waals surface area (Å²) in [5, 5.41) is 10.3. The molecule has 286 valence electrons. The SMILES string of the molecule is CCN(C(=O)c1cc(C(C)C)c(OCc2ccccc2)cc1OCc1ccccc1)c1cccc(-c2cc(C(=O)O)c(C)c(N(CC)C3CCOCC3)c2)c1. The molecule has 1 aliphatic rings. The van der Waals surface area contributed by atoms with Crippen molar-refractivity contribution in [1.29, 1.82) is 0 Å². The van der Waals surface area contributed by atoms with Gasteiger partial charge in [0.2, 0.25) is 0 Å². The number of hydrogen-bond donors (Lipinski definition) is 1. The van der Waals surface area contributed by atoms with E-state index in [1.165, 1.54) is 0 Å². The summed E-state index contributed by atoms with van der Waals surface area (Å²) >= 11 is 0. The summed E-state index contributed by atoms with van der Waals surface area (Å²) in [5.41, 5.74) is 7.61. The number of carboxylic acid groups (broad SMARTS) is 1. The predicted molar refractivity (Wildman–Crippen MR) is 220 cm³/mol. The summed E-state index contributed by atoms with van der Waals surface area (Å²) in [6.45, 7) is 13.3. The molecule has 1 heterocycles. The Morgan fingerprint density at radius 3 is 1.96 bits per heavy atom. The van der Waals surface area contributed by atoms with Crippen LogP contribution in [-0.4, -0.2) is 49.3 Å². The predicted octanol–water partition coefficient (Wildman–Crippen LogP) is 10.3. The van der Waals surface area contributed by atoms with Gasteiger partial charge < -0.3 is 29.1 Å². The highest BCUT2D eigenvalue weighted by atomic mass is 16.5. The summed E-state index contributed by atoms with van der Waals surface area (Å²) in [6.07, 6.45) is 1.78. The fourth-order valence-corrected chi connectivity index (χ4v) is 7.36. The topological polar surface area (TPSA) is 88.5 Å². The molecular weight excluding hydrogens is 689 g/mol. The van der Waals surface area contributed by atoms with E-state index >= 15 is 0 Å². The molecule has 1 N–H and O–H groups in total. The number of carbonyl (C=O) groups is 2. The van der Waals surface area contributed by atoms with Crippen LogP contribution in [0.25, 0.3) is 11.1 Å². The Morgan fingerprint density at radius 2 is 1.38 bits per heavy atom. The number of rotatable bonds is 15. The van der Waals surface area contributed by atoms with Gasteiger partial charge in [0, 0.05) is 49.8 Å². The summed E-state index contributed by atoms with van der Waals surface area (Å²) in [5.74, 6) is 0.0201. The number of amides is 1. The number of carboxylic acids is 1. The molecule has 55 heavy (non-hydrogen) atoms. The van der Waals surface area contributed by atoms with Crippen molar-refractivity contribution in [2.75, 3.05) is 36.1 Å². The molecule has 1 saturated heterocycles. The van der Waals surface area contributed by atoms with Gasteiger partial charge in [-0.2, -0.15) is 0 Å². The maximum atomic E-state index is 14.8. The van der Waals surface area contributed by atoms with Crippen LogP contribution >= 0.6 is 0 Å². The van der Waals surface area contributed by atoms with Gasteiger partial charge in [0.25, 0.3) is 5.91 Å². The van der Waals surface area contributed by atoms with E-state index in [1.54, 1.807) is 11.0 Å². The first-order chi connectivity index (χ1) is 26.7. The van der Waals surface area contributed by atoms with Gasteiger partial charge >= 0.3 is 5.97 Å². The van der Waals surface area contributed by atoms with Crippen molar-refractivity contribution in [3.05, 3.63) is 143 Å². The average Bonchev–Trinajstić information content (AvgIpc) is 3.21. The number of benzene rings is 5. The second-order valence-electron chi connectivity index (χ2n) is 14.3. The van der Waals surface area contributed by atoms with Crippen LogP contribution < -0.4 is 19.3 Å². The lowest BCUT2D eigenvalue weighted by atomic mass is 9.95. The minimum Gasteiger partial charge on any atom is -0.488 e. The molecule has 8 heteroatoms. The van der Waals surface area contributed by atoms with Crippen LogP contribution in [0, 0.1) is 6.92 Å². The maximum Gasteiger partial charge on any atom is 0.336 e. The summed E-state index contributed by atoms with van der Waals surface area (Å²) < 4.78 is 18.5. The van der Waals surface area contributed by atoms with Gasteiger partial charge in [-0.1, -0.05) is 86.6 Å². The number of anilines is 2. The van der Waals surface area contributed by atoms with Crippen LogP contribution in [0.15, 0.2) is 109 Å². The minimum atomic E-state index is -0.967. The van der Waals surface area contributed by atoms with Crippen LogP contribution in [0.1, 0.15) is 89.4 Å². The normalized spacial score (nSPS) is 13.1. The molecule has 5 aromatic rings. The number of aromatic carboxylic acids is 1. The molecule has 0 aromatic heterocycles. The van der Waals surface area contributed by atoms with Gasteiger partial charge in [-0.3, -0.25) is 4.79 Å². The summed E-state index contributed by atoms with van der Waals surface area (Å²) in [7, 11) is 0. The quantitative estimate of drug-likeness (QED) is 0.114. The van der Waals surface area contributed by atoms with E-state index in [2.05, 4.69) is 31.7 Å². The molecular formula is C47H52N2O6. The monoisotopic (exact) mass is 740 g/mol. The molecule has 0 unspecified atom stereocenters. The smallest absolute Gasteiger partial charge is 0.336 e. The van der Waals surface area contributed by atoms with Gasteiger partial charge in [0.05, 0.1) is 11.1 Å². The van der Waals surface area contributed by atoms with Crippen LogP contribution in [0.3, 0.4) is 0 Å². The Morgan fingerprint density at radius 1 is 0.745 bits per heavy atom. The molecule has 0 aliphatic carbocycles. The largest absolute Gasteiger partial charge is 0.488 e. The minimum absolute atomic E-state index is 0.0712. The number of carbonyl (C=O) groups excluding carboxylic acids is 1. The summed E-state index contributed by atoms with van der Waals surface area (Å²) in [4.78, 5) is 31.4. The van der Waals surface area contributed by atoms with E-state index in [4.69, 9.17) is 14.2 Å². The number of nitrogens with zero attached hydrogens (tertiary/aromatic N) is 2. The van der Waals surface area contributed by atoms with Gasteiger partial charge in [-0.15, -0.1) is 0 Å². The molecule has 1 fully saturated rings. The zero-order valence-electron chi connectivity index (χ0n) is 32.6. The molecule has 0 atom stereocenters. The van der Waals surface area contributed by atoms with E-state index < -0.39 is 5.97 Å². The highest BCUT2D eigenvalue weighted by Crippen LogP contribution is 2.38. The Hall–Kier alpha value is -5.60. The fourth-order valence-electron chi connectivity index (χ4n) is 7.36. The Bertz CT molecular complexity index is 2080. The molecule has 6 rings (SSSR count). The fraction of sp³-hybridized carbons (Fsp3) is 0.319. The van der Waals surface area contributed by atoms with Crippen molar-refractivity contribution in [2.24, 2.45) is 0 Å². The van der Waals surface area contributed by atoms with E-state index in [1.807, 2.05) is 111 Å². The molecule has 1 aliphatic heterocycles. The van der Waals surface area contributed by atoms with Crippen LogP contribution in [0.4, 0.5) is 11.4 Å². The molecule has 0 spiro atoms. The third-order valence-corrected chi connectivity index (χ3v) is 10.4. The van der Waals surface area contributed by atoms with Gasteiger partial charge in [-0.25, -0.2) is 4.79 Å². The van der Waals surface area contributed by atoms with E-state index in [-0.39, 0.29) is 30.0 Å². The van der Waals surface area contributed by atoms with Gasteiger partial charge in [0.1, 0.15) is 24.7 Å². The van der Waals surface area contributed by atoms with Crippen LogP contribution in [-0.2, 0) is 18.0 Å². The Balaban J connectivity index is 1.38. The van der Waals surface area contributed by atoms with E-state index in [0.717, 1.165) is 58.5 Å². The van der Waals surface area contributed by atoms with Crippen LogP contribution in [0.2, 0.25) is 0 Å². The van der Waals surface area contributed by atoms with Crippen molar-refractivity contribution < 1.29 is 28.9 Å². The second kappa shape index (κ2) is 18.2. The van der Waals surface area contributed by atoms with E-state index in [9.17, 15) is 14.7 Å². The summed E-state index contributed by atoms with van der Waals surface area (Å²) in [6, 6.07) is 35.6. The zero-order valence-corrected chi connectivity index (χ0v) is 32.6. The average molecular weight is 741 g/mol. The van der Waals surface area contributed by atoms with Crippen LogP contribution in [0.5, 0.6) is 11.5 Å². The van der Waals surface area contributed by atoms with Crippen molar-refractivity contribution in [3.8, 4) is 22.6 Å². The Labute approximate surface area is 325 Å². The van der Waals surface area contributed by atoms with Gasteiger partial charge in [-0.05, 0) is 103 Å². The number of ether oxygens (including phenoxy) is 3. The zero-order chi connectivity index (χ0) is 38.9. The van der Waals surface area contributed by atoms with Crippen molar-refractivity contribution in [1.82, 2.24) is 0 Å². The van der Waals surface area contributed by atoms with Crippen molar-refractivity contribution in [3.63, 3.8) is 0 Å².